The van der Waals surface area contributed by atoms with E-state index in [1.54, 1.807) is 0 Å². The quantitative estimate of drug-likeness (QED) is 0.728. The average molecular weight is 230 g/mol. The smallest absolute Gasteiger partial charge is 0.262 e. The molecule has 0 aliphatic carbocycles. The Morgan fingerprint density at radius 1 is 1.06 bits per heavy atom. The average Bonchev–Trinajstić information content (AvgIpc) is 2.47. The highest BCUT2D eigenvalue weighted by Crippen LogP contribution is 2.30. The molecule has 1 aromatic rings. The number of benzene rings is 1. The molecule has 1 N–H and O–H groups in total. The summed E-state index contributed by atoms with van der Waals surface area (Å²) in [5.41, 5.74) is 2.97. The number of carbonyl (C=O) groups is 2. The van der Waals surface area contributed by atoms with Crippen LogP contribution in [0, 0.1) is 13.8 Å². The molecule has 1 aromatic carbocycles. The summed E-state index contributed by atoms with van der Waals surface area (Å²) in [5.74, 6) is -0.254. The molecule has 17 heavy (non-hydrogen) atoms. The molecule has 4 nitrogen and oxygen atoms in total. The predicted octanol–water partition coefficient (Wildman–Crippen LogP) is 0.871. The molecule has 2 aliphatic rings. The molecule has 2 aliphatic heterocycles. The van der Waals surface area contributed by atoms with E-state index in [4.69, 9.17) is 0 Å². The first-order valence-corrected chi connectivity index (χ1v) is 5.80. The number of nitrogens with one attached hydrogen (secondary N) is 1. The van der Waals surface area contributed by atoms with Crippen LogP contribution in [0.2, 0.25) is 0 Å². The van der Waals surface area contributed by atoms with E-state index in [2.05, 4.69) is 5.32 Å². The Morgan fingerprint density at radius 3 is 1.88 bits per heavy atom. The van der Waals surface area contributed by atoms with Gasteiger partial charge in [0.2, 0.25) is 0 Å². The molecule has 1 saturated heterocycles. The predicted molar refractivity (Wildman–Crippen MR) is 63.1 cm³/mol. The summed E-state index contributed by atoms with van der Waals surface area (Å²) < 4.78 is 0. The van der Waals surface area contributed by atoms with Crippen molar-refractivity contribution in [1.82, 2.24) is 10.2 Å². The topological polar surface area (TPSA) is 49.4 Å². The number of rotatable bonds is 1. The summed E-state index contributed by atoms with van der Waals surface area (Å²) in [6.07, 6.45) is 0. The highest BCUT2D eigenvalue weighted by molar-refractivity contribution is 6.23. The van der Waals surface area contributed by atoms with Crippen LogP contribution in [0.5, 0.6) is 0 Å². The van der Waals surface area contributed by atoms with Crippen molar-refractivity contribution in [3.63, 3.8) is 0 Å². The molecule has 0 radical (unpaired) electrons. The van der Waals surface area contributed by atoms with Crippen LogP contribution in [0.15, 0.2) is 12.1 Å². The van der Waals surface area contributed by atoms with Gasteiger partial charge in [-0.05, 0) is 25.0 Å². The molecule has 88 valence electrons. The van der Waals surface area contributed by atoms with E-state index in [0.29, 0.717) is 24.2 Å². The van der Waals surface area contributed by atoms with Gasteiger partial charge in [0.15, 0.2) is 0 Å². The highest BCUT2D eigenvalue weighted by Gasteiger charge is 2.43. The van der Waals surface area contributed by atoms with E-state index < -0.39 is 0 Å². The van der Waals surface area contributed by atoms with Crippen LogP contribution in [0.3, 0.4) is 0 Å². The summed E-state index contributed by atoms with van der Waals surface area (Å²) in [4.78, 5) is 26.0. The molecule has 2 amide bonds. The van der Waals surface area contributed by atoms with Gasteiger partial charge in [0.05, 0.1) is 17.2 Å². The summed E-state index contributed by atoms with van der Waals surface area (Å²) in [6, 6.07) is 3.84. The van der Waals surface area contributed by atoms with Gasteiger partial charge in [-0.2, -0.15) is 0 Å². The van der Waals surface area contributed by atoms with Crippen molar-refractivity contribution < 1.29 is 9.59 Å². The zero-order valence-electron chi connectivity index (χ0n) is 9.91. The monoisotopic (exact) mass is 230 g/mol. The standard InChI is InChI=1S/C13H14N2O2/c1-7-3-4-8(2)11-10(7)12(16)15(13(11)17)9-5-14-6-9/h3-4,9,14H,5-6H2,1-2H3. The van der Waals surface area contributed by atoms with Crippen molar-refractivity contribution in [1.29, 1.82) is 0 Å². The second-order valence-corrected chi connectivity index (χ2v) is 4.74. The third-order valence-corrected chi connectivity index (χ3v) is 3.61. The first kappa shape index (κ1) is 10.5. The Balaban J connectivity index is 2.14. The maximum atomic E-state index is 12.3. The normalized spacial score (nSPS) is 19.5. The van der Waals surface area contributed by atoms with Crippen LogP contribution in [0.4, 0.5) is 0 Å². The van der Waals surface area contributed by atoms with E-state index in [-0.39, 0.29) is 17.9 Å². The number of imide groups is 1. The molecule has 0 unspecified atom stereocenters. The fourth-order valence-corrected chi connectivity index (χ4v) is 2.48. The molecular weight excluding hydrogens is 216 g/mol. The number of hydrogen-bond acceptors (Lipinski definition) is 3. The summed E-state index contributed by atoms with van der Waals surface area (Å²) in [7, 11) is 0. The third-order valence-electron chi connectivity index (χ3n) is 3.61. The zero-order chi connectivity index (χ0) is 12.2. The number of nitrogens with zero attached hydrogens (tertiary/aromatic N) is 1. The minimum Gasteiger partial charge on any atom is -0.313 e. The number of carbonyl (C=O) groups excluding carboxylic acids is 2. The maximum Gasteiger partial charge on any atom is 0.262 e. The largest absolute Gasteiger partial charge is 0.313 e. The van der Waals surface area contributed by atoms with Gasteiger partial charge >= 0.3 is 0 Å². The van der Waals surface area contributed by atoms with Gasteiger partial charge in [-0.3, -0.25) is 14.5 Å². The Morgan fingerprint density at radius 2 is 1.53 bits per heavy atom. The van der Waals surface area contributed by atoms with E-state index in [0.717, 1.165) is 11.1 Å². The molecule has 3 rings (SSSR count). The molecule has 0 spiro atoms. The zero-order valence-corrected chi connectivity index (χ0v) is 9.91. The van der Waals surface area contributed by atoms with Crippen LogP contribution in [-0.4, -0.2) is 35.8 Å². The number of hydrogen-bond donors (Lipinski definition) is 1. The fraction of sp³-hybridized carbons (Fsp3) is 0.385. The summed E-state index contributed by atoms with van der Waals surface area (Å²) in [5, 5.41) is 3.09. The molecule has 0 bridgehead atoms. The molecule has 2 heterocycles. The molecule has 0 aromatic heterocycles. The Labute approximate surface area is 99.6 Å². The van der Waals surface area contributed by atoms with Gasteiger partial charge in [0.25, 0.3) is 11.8 Å². The lowest BCUT2D eigenvalue weighted by molar-refractivity contribution is 0.0533. The number of amides is 2. The molecule has 1 fully saturated rings. The van der Waals surface area contributed by atoms with Crippen molar-refractivity contribution in [3.8, 4) is 0 Å². The van der Waals surface area contributed by atoms with Crippen molar-refractivity contribution in [2.75, 3.05) is 13.1 Å². The van der Waals surface area contributed by atoms with Gasteiger partial charge in [0, 0.05) is 13.1 Å². The third kappa shape index (κ3) is 1.27. The molecule has 0 atom stereocenters. The van der Waals surface area contributed by atoms with Crippen molar-refractivity contribution in [2.24, 2.45) is 0 Å². The first-order chi connectivity index (χ1) is 8.11. The van der Waals surface area contributed by atoms with Crippen molar-refractivity contribution >= 4 is 11.8 Å². The minimum atomic E-state index is -0.127. The van der Waals surface area contributed by atoms with Crippen LogP contribution >= 0.6 is 0 Å². The second kappa shape index (κ2) is 3.40. The molecule has 4 heteroatoms. The lowest BCUT2D eigenvalue weighted by Gasteiger charge is -2.33. The first-order valence-electron chi connectivity index (χ1n) is 5.80. The lowest BCUT2D eigenvalue weighted by atomic mass is 9.99. The van der Waals surface area contributed by atoms with E-state index >= 15 is 0 Å². The number of fused-ring (bicyclic) bond motifs is 1. The second-order valence-electron chi connectivity index (χ2n) is 4.74. The summed E-state index contributed by atoms with van der Waals surface area (Å²) >= 11 is 0. The molecule has 0 saturated carbocycles. The van der Waals surface area contributed by atoms with Crippen LogP contribution in [0.25, 0.3) is 0 Å². The van der Waals surface area contributed by atoms with E-state index in [1.807, 2.05) is 26.0 Å². The van der Waals surface area contributed by atoms with E-state index in [1.165, 1.54) is 4.90 Å². The fourth-order valence-electron chi connectivity index (χ4n) is 2.48. The Kier molecular flexibility index (Phi) is 2.10. The van der Waals surface area contributed by atoms with E-state index in [9.17, 15) is 9.59 Å². The molecular formula is C13H14N2O2. The Hall–Kier alpha value is -1.68. The SMILES string of the molecule is Cc1ccc(C)c2c1C(=O)N(C1CNC1)C2=O. The van der Waals surface area contributed by atoms with Gasteiger partial charge < -0.3 is 5.32 Å². The van der Waals surface area contributed by atoms with Gasteiger partial charge in [-0.25, -0.2) is 0 Å². The number of aryl methyl sites for hydroxylation is 2. The minimum absolute atomic E-state index is 0.0289. The maximum absolute atomic E-state index is 12.3. The van der Waals surface area contributed by atoms with Crippen LogP contribution in [-0.2, 0) is 0 Å². The van der Waals surface area contributed by atoms with Crippen molar-refractivity contribution in [3.05, 3.63) is 34.4 Å². The van der Waals surface area contributed by atoms with Gasteiger partial charge in [-0.1, -0.05) is 12.1 Å². The summed E-state index contributed by atoms with van der Waals surface area (Å²) in [6.45, 7) is 5.19. The lowest BCUT2D eigenvalue weighted by Crippen LogP contribution is -2.58. The Bertz CT molecular complexity index is 491. The van der Waals surface area contributed by atoms with Crippen LogP contribution < -0.4 is 5.32 Å². The van der Waals surface area contributed by atoms with Crippen LogP contribution in [0.1, 0.15) is 31.8 Å². The van der Waals surface area contributed by atoms with Crippen molar-refractivity contribution in [2.45, 2.75) is 19.9 Å². The highest BCUT2D eigenvalue weighted by atomic mass is 16.2. The van der Waals surface area contributed by atoms with Gasteiger partial charge in [-0.15, -0.1) is 0 Å². The van der Waals surface area contributed by atoms with Gasteiger partial charge in [0.1, 0.15) is 0 Å².